The number of halogens is 1. The zero-order valence-corrected chi connectivity index (χ0v) is 10.9. The Hall–Kier alpha value is -1.01. The van der Waals surface area contributed by atoms with Gasteiger partial charge in [0.25, 0.3) is 0 Å². The molecule has 1 saturated carbocycles. The quantitative estimate of drug-likeness (QED) is 0.889. The monoisotopic (exact) mass is 278 g/mol. The van der Waals surface area contributed by atoms with Gasteiger partial charge in [0.05, 0.1) is 6.07 Å². The van der Waals surface area contributed by atoms with E-state index in [2.05, 4.69) is 34.2 Å². The van der Waals surface area contributed by atoms with Crippen LogP contribution in [-0.4, -0.2) is 5.54 Å². The van der Waals surface area contributed by atoms with Crippen LogP contribution in [0.5, 0.6) is 0 Å². The summed E-state index contributed by atoms with van der Waals surface area (Å²) in [6, 6.07) is 10.4. The number of nitrogens with one attached hydrogen (secondary N) is 1. The van der Waals surface area contributed by atoms with Gasteiger partial charge in [-0.1, -0.05) is 19.1 Å². The first-order chi connectivity index (χ1) is 7.65. The zero-order chi connectivity index (χ0) is 11.6. The number of anilines is 1. The first-order valence-corrected chi connectivity index (χ1v) is 6.38. The highest BCUT2D eigenvalue weighted by Gasteiger charge is 2.37. The molecule has 16 heavy (non-hydrogen) atoms. The predicted molar refractivity (Wildman–Crippen MR) is 69.1 cm³/mol. The van der Waals surface area contributed by atoms with Crippen molar-refractivity contribution in [3.05, 3.63) is 28.7 Å². The lowest BCUT2D eigenvalue weighted by atomic mass is 9.98. The van der Waals surface area contributed by atoms with Crippen LogP contribution in [0.4, 0.5) is 5.69 Å². The van der Waals surface area contributed by atoms with Crippen molar-refractivity contribution in [3.8, 4) is 6.07 Å². The molecule has 0 aromatic heterocycles. The lowest BCUT2D eigenvalue weighted by molar-refractivity contribution is 0.558. The van der Waals surface area contributed by atoms with Gasteiger partial charge in [0, 0.05) is 10.2 Å². The zero-order valence-electron chi connectivity index (χ0n) is 9.33. The van der Waals surface area contributed by atoms with E-state index in [-0.39, 0.29) is 5.54 Å². The molecule has 1 aliphatic carbocycles. The minimum Gasteiger partial charge on any atom is -0.366 e. The van der Waals surface area contributed by atoms with Crippen LogP contribution in [0.2, 0.25) is 0 Å². The van der Waals surface area contributed by atoms with Gasteiger partial charge in [0.1, 0.15) is 5.54 Å². The van der Waals surface area contributed by atoms with E-state index in [1.165, 1.54) is 0 Å². The van der Waals surface area contributed by atoms with Crippen molar-refractivity contribution in [2.75, 3.05) is 5.32 Å². The van der Waals surface area contributed by atoms with Gasteiger partial charge in [-0.3, -0.25) is 0 Å². The summed E-state index contributed by atoms with van der Waals surface area (Å²) in [5, 5.41) is 12.8. The molecule has 3 heteroatoms. The molecular weight excluding hydrogens is 264 g/mol. The lowest BCUT2D eigenvalue weighted by Gasteiger charge is -2.24. The SMILES string of the molecule is CC1CCC(C#N)(Nc2ccccc2Br)C1. The second-order valence-electron chi connectivity index (χ2n) is 4.65. The Kier molecular flexibility index (Phi) is 3.20. The van der Waals surface area contributed by atoms with Gasteiger partial charge < -0.3 is 5.32 Å². The molecule has 0 spiro atoms. The molecule has 2 nitrogen and oxygen atoms in total. The fourth-order valence-corrected chi connectivity index (χ4v) is 2.74. The Morgan fingerprint density at radius 1 is 1.50 bits per heavy atom. The highest BCUT2D eigenvalue weighted by Crippen LogP contribution is 2.37. The summed E-state index contributed by atoms with van der Waals surface area (Å²) in [6.45, 7) is 2.21. The van der Waals surface area contributed by atoms with Gasteiger partial charge in [0.2, 0.25) is 0 Å². The maximum Gasteiger partial charge on any atom is 0.125 e. The average Bonchev–Trinajstić information content (AvgIpc) is 2.65. The number of nitrogens with zero attached hydrogens (tertiary/aromatic N) is 1. The largest absolute Gasteiger partial charge is 0.366 e. The lowest BCUT2D eigenvalue weighted by Crippen LogP contribution is -2.33. The third kappa shape index (κ3) is 2.22. The van der Waals surface area contributed by atoms with Crippen molar-refractivity contribution in [1.29, 1.82) is 5.26 Å². The number of para-hydroxylation sites is 1. The van der Waals surface area contributed by atoms with Crippen LogP contribution in [0.3, 0.4) is 0 Å². The van der Waals surface area contributed by atoms with Gasteiger partial charge in [-0.2, -0.15) is 5.26 Å². The van der Waals surface area contributed by atoms with Crippen LogP contribution >= 0.6 is 15.9 Å². The van der Waals surface area contributed by atoms with Crippen molar-refractivity contribution in [1.82, 2.24) is 0 Å². The van der Waals surface area contributed by atoms with E-state index in [0.717, 1.165) is 29.4 Å². The number of hydrogen-bond acceptors (Lipinski definition) is 2. The predicted octanol–water partition coefficient (Wildman–Crippen LogP) is 3.94. The normalized spacial score (nSPS) is 28.7. The average molecular weight is 279 g/mol. The van der Waals surface area contributed by atoms with Crippen molar-refractivity contribution in [2.24, 2.45) is 5.92 Å². The maximum atomic E-state index is 9.36. The molecule has 1 fully saturated rings. The second kappa shape index (κ2) is 4.47. The molecule has 0 heterocycles. The minimum atomic E-state index is -0.372. The summed E-state index contributed by atoms with van der Waals surface area (Å²) in [5.41, 5.74) is 0.640. The van der Waals surface area contributed by atoms with Gasteiger partial charge in [-0.05, 0) is 53.2 Å². The molecule has 1 aromatic rings. The van der Waals surface area contributed by atoms with Crippen molar-refractivity contribution < 1.29 is 0 Å². The van der Waals surface area contributed by atoms with Crippen molar-refractivity contribution in [3.63, 3.8) is 0 Å². The molecule has 1 aliphatic rings. The Labute approximate surface area is 105 Å². The van der Waals surface area contributed by atoms with E-state index in [4.69, 9.17) is 0 Å². The molecule has 2 unspecified atom stereocenters. The van der Waals surface area contributed by atoms with E-state index in [1.54, 1.807) is 0 Å². The Morgan fingerprint density at radius 2 is 2.25 bits per heavy atom. The maximum absolute atomic E-state index is 9.36. The third-order valence-electron chi connectivity index (χ3n) is 3.22. The van der Waals surface area contributed by atoms with E-state index in [0.29, 0.717) is 5.92 Å². The number of hydrogen-bond donors (Lipinski definition) is 1. The van der Waals surface area contributed by atoms with E-state index in [9.17, 15) is 5.26 Å². The molecule has 0 bridgehead atoms. The Bertz CT molecular complexity index is 424. The molecule has 2 atom stereocenters. The smallest absolute Gasteiger partial charge is 0.125 e. The standard InChI is InChI=1S/C13H15BrN2/c1-10-6-7-13(8-10,9-15)16-12-5-3-2-4-11(12)14/h2-5,10,16H,6-8H2,1H3. The van der Waals surface area contributed by atoms with Gasteiger partial charge >= 0.3 is 0 Å². The van der Waals surface area contributed by atoms with Crippen molar-refractivity contribution >= 4 is 21.6 Å². The number of nitriles is 1. The molecule has 84 valence electrons. The summed E-state index contributed by atoms with van der Waals surface area (Å²) < 4.78 is 1.02. The molecule has 0 radical (unpaired) electrons. The highest BCUT2D eigenvalue weighted by molar-refractivity contribution is 9.10. The van der Waals surface area contributed by atoms with E-state index in [1.807, 2.05) is 24.3 Å². The summed E-state index contributed by atoms with van der Waals surface area (Å²) in [4.78, 5) is 0. The Balaban J connectivity index is 2.21. The van der Waals surface area contributed by atoms with E-state index >= 15 is 0 Å². The fourth-order valence-electron chi connectivity index (χ4n) is 2.36. The number of rotatable bonds is 2. The first-order valence-electron chi connectivity index (χ1n) is 5.59. The van der Waals surface area contributed by atoms with Gasteiger partial charge in [-0.25, -0.2) is 0 Å². The van der Waals surface area contributed by atoms with Gasteiger partial charge in [-0.15, -0.1) is 0 Å². The fraction of sp³-hybridized carbons (Fsp3) is 0.462. The third-order valence-corrected chi connectivity index (χ3v) is 3.91. The van der Waals surface area contributed by atoms with Crippen LogP contribution in [0.1, 0.15) is 26.2 Å². The molecule has 0 amide bonds. The summed E-state index contributed by atoms with van der Waals surface area (Å²) in [7, 11) is 0. The van der Waals surface area contributed by atoms with Crippen LogP contribution in [-0.2, 0) is 0 Å². The van der Waals surface area contributed by atoms with E-state index < -0.39 is 0 Å². The summed E-state index contributed by atoms with van der Waals surface area (Å²) in [5.74, 6) is 0.634. The molecule has 0 aliphatic heterocycles. The molecular formula is C13H15BrN2. The topological polar surface area (TPSA) is 35.8 Å². The second-order valence-corrected chi connectivity index (χ2v) is 5.50. The first kappa shape index (κ1) is 11.5. The molecule has 2 rings (SSSR count). The van der Waals surface area contributed by atoms with Crippen LogP contribution in [0.15, 0.2) is 28.7 Å². The molecule has 1 aromatic carbocycles. The van der Waals surface area contributed by atoms with Crippen molar-refractivity contribution in [2.45, 2.75) is 31.7 Å². The van der Waals surface area contributed by atoms with Crippen LogP contribution < -0.4 is 5.32 Å². The molecule has 0 saturated heterocycles. The number of benzene rings is 1. The van der Waals surface area contributed by atoms with Crippen LogP contribution in [0, 0.1) is 17.2 Å². The van der Waals surface area contributed by atoms with Crippen LogP contribution in [0.25, 0.3) is 0 Å². The highest BCUT2D eigenvalue weighted by atomic mass is 79.9. The summed E-state index contributed by atoms with van der Waals surface area (Å²) >= 11 is 3.50. The summed E-state index contributed by atoms with van der Waals surface area (Å²) in [6.07, 6.45) is 3.00. The Morgan fingerprint density at radius 3 is 2.81 bits per heavy atom. The molecule has 1 N–H and O–H groups in total. The van der Waals surface area contributed by atoms with Gasteiger partial charge in [0.15, 0.2) is 0 Å². The minimum absolute atomic E-state index is 0.372.